The Hall–Kier alpha value is -2.18. The number of hydrogen-bond acceptors (Lipinski definition) is 4. The average molecular weight is 372 g/mol. The maximum absolute atomic E-state index is 5.68. The van der Waals surface area contributed by atoms with Gasteiger partial charge >= 0.3 is 0 Å². The molecule has 1 atom stereocenters. The molecular formula is C20H25N3O2S. The van der Waals surface area contributed by atoms with Crippen LogP contribution in [0.1, 0.15) is 24.0 Å². The van der Waals surface area contributed by atoms with E-state index in [1.807, 2.05) is 36.7 Å². The van der Waals surface area contributed by atoms with Crippen molar-refractivity contribution in [3.63, 3.8) is 0 Å². The van der Waals surface area contributed by atoms with E-state index in [1.54, 1.807) is 7.11 Å². The van der Waals surface area contributed by atoms with Crippen LogP contribution in [0.2, 0.25) is 0 Å². The highest BCUT2D eigenvalue weighted by Crippen LogP contribution is 2.15. The number of rotatable bonds is 7. The zero-order chi connectivity index (χ0) is 18.2. The summed E-state index contributed by atoms with van der Waals surface area (Å²) in [6.07, 6.45) is 6.11. The average Bonchev–Trinajstić information content (AvgIpc) is 3.20. The standard InChI is InChI=1S/C20H25N3O2S/c1-24-18-6-4-16(5-7-18)14-23(15-17-8-10-21-11-9-17)20(26)22-13-19-3-2-12-25-19/h4-11,19H,2-3,12-15H2,1H3,(H,22,26)/t19-/m1/s1. The minimum atomic E-state index is 0.261. The molecule has 1 saturated heterocycles. The van der Waals surface area contributed by atoms with Crippen LogP contribution in [-0.2, 0) is 17.8 Å². The van der Waals surface area contributed by atoms with E-state index >= 15 is 0 Å². The molecule has 0 saturated carbocycles. The van der Waals surface area contributed by atoms with Gasteiger partial charge in [0.15, 0.2) is 5.11 Å². The fraction of sp³-hybridized carbons (Fsp3) is 0.400. The number of benzene rings is 1. The highest BCUT2D eigenvalue weighted by atomic mass is 32.1. The number of pyridine rings is 1. The van der Waals surface area contributed by atoms with Crippen molar-refractivity contribution in [2.45, 2.75) is 32.0 Å². The summed E-state index contributed by atoms with van der Waals surface area (Å²) in [6.45, 7) is 3.07. The molecule has 6 heteroatoms. The third-order valence-electron chi connectivity index (χ3n) is 4.45. The maximum Gasteiger partial charge on any atom is 0.169 e. The molecule has 2 aromatic rings. The smallest absolute Gasteiger partial charge is 0.169 e. The number of ether oxygens (including phenoxy) is 2. The molecule has 26 heavy (non-hydrogen) atoms. The Labute approximate surface area is 160 Å². The molecule has 1 aliphatic heterocycles. The van der Waals surface area contributed by atoms with E-state index in [0.29, 0.717) is 0 Å². The Balaban J connectivity index is 1.66. The molecule has 138 valence electrons. The van der Waals surface area contributed by atoms with Gasteiger partial charge in [-0.1, -0.05) is 12.1 Å². The highest BCUT2D eigenvalue weighted by Gasteiger charge is 2.17. The van der Waals surface area contributed by atoms with Crippen molar-refractivity contribution in [1.82, 2.24) is 15.2 Å². The first-order chi connectivity index (χ1) is 12.7. The SMILES string of the molecule is COc1ccc(CN(Cc2ccncc2)C(=S)NC[C@H]2CCCO2)cc1. The molecule has 0 unspecified atom stereocenters. The van der Waals surface area contributed by atoms with Gasteiger partial charge in [-0.05, 0) is 60.5 Å². The van der Waals surface area contributed by atoms with E-state index in [-0.39, 0.29) is 6.10 Å². The summed E-state index contributed by atoms with van der Waals surface area (Å²) in [5, 5.41) is 4.12. The van der Waals surface area contributed by atoms with Gasteiger partial charge in [-0.2, -0.15) is 0 Å². The molecule has 0 amide bonds. The Morgan fingerprint density at radius 3 is 2.50 bits per heavy atom. The predicted octanol–water partition coefficient (Wildman–Crippen LogP) is 3.15. The van der Waals surface area contributed by atoms with Gasteiger partial charge in [0.1, 0.15) is 5.75 Å². The maximum atomic E-state index is 5.68. The van der Waals surface area contributed by atoms with Gasteiger partial charge in [0.25, 0.3) is 0 Å². The van der Waals surface area contributed by atoms with Crippen LogP contribution in [0, 0.1) is 0 Å². The number of nitrogens with one attached hydrogen (secondary N) is 1. The van der Waals surface area contributed by atoms with E-state index in [2.05, 4.69) is 27.3 Å². The van der Waals surface area contributed by atoms with Crippen LogP contribution in [0.4, 0.5) is 0 Å². The summed E-state index contributed by atoms with van der Waals surface area (Å²) >= 11 is 5.68. The quantitative estimate of drug-likeness (QED) is 0.755. The minimum Gasteiger partial charge on any atom is -0.497 e. The van der Waals surface area contributed by atoms with Crippen LogP contribution >= 0.6 is 12.2 Å². The van der Waals surface area contributed by atoms with Crippen LogP contribution in [0.15, 0.2) is 48.8 Å². The van der Waals surface area contributed by atoms with Crippen LogP contribution in [-0.4, -0.2) is 41.4 Å². The molecule has 0 radical (unpaired) electrons. The number of methoxy groups -OCH3 is 1. The van der Waals surface area contributed by atoms with Crippen LogP contribution < -0.4 is 10.1 Å². The molecule has 0 aliphatic carbocycles. The lowest BCUT2D eigenvalue weighted by atomic mass is 10.2. The topological polar surface area (TPSA) is 46.6 Å². The van der Waals surface area contributed by atoms with Crippen LogP contribution in [0.5, 0.6) is 5.75 Å². The fourth-order valence-electron chi connectivity index (χ4n) is 2.98. The molecule has 1 aliphatic rings. The molecule has 0 spiro atoms. The lowest BCUT2D eigenvalue weighted by molar-refractivity contribution is 0.113. The summed E-state index contributed by atoms with van der Waals surface area (Å²) in [5.74, 6) is 0.855. The summed E-state index contributed by atoms with van der Waals surface area (Å²) in [6, 6.07) is 12.1. The molecule has 1 fully saturated rings. The van der Waals surface area contributed by atoms with E-state index in [9.17, 15) is 0 Å². The molecule has 1 aromatic carbocycles. The third kappa shape index (κ3) is 5.41. The van der Waals surface area contributed by atoms with Crippen molar-refractivity contribution in [3.05, 3.63) is 59.9 Å². The molecular weight excluding hydrogens is 346 g/mol. The zero-order valence-electron chi connectivity index (χ0n) is 15.1. The van der Waals surface area contributed by atoms with E-state index in [0.717, 1.165) is 49.9 Å². The van der Waals surface area contributed by atoms with Gasteiger partial charge < -0.3 is 19.7 Å². The second kappa shape index (κ2) is 9.50. The second-order valence-electron chi connectivity index (χ2n) is 6.38. The Bertz CT molecular complexity index is 688. The first-order valence-electron chi connectivity index (χ1n) is 8.91. The number of aromatic nitrogens is 1. The summed E-state index contributed by atoms with van der Waals surface area (Å²) in [5.41, 5.74) is 2.36. The van der Waals surface area contributed by atoms with Gasteiger partial charge in [0.2, 0.25) is 0 Å². The number of nitrogens with zero attached hydrogens (tertiary/aromatic N) is 2. The van der Waals surface area contributed by atoms with Gasteiger partial charge in [-0.25, -0.2) is 0 Å². The van der Waals surface area contributed by atoms with Crippen molar-refractivity contribution in [2.75, 3.05) is 20.3 Å². The molecule has 3 rings (SSSR count). The number of hydrogen-bond donors (Lipinski definition) is 1. The van der Waals surface area contributed by atoms with Crippen molar-refractivity contribution in [1.29, 1.82) is 0 Å². The van der Waals surface area contributed by atoms with Gasteiger partial charge in [-0.15, -0.1) is 0 Å². The molecule has 0 bridgehead atoms. The Morgan fingerprint density at radius 2 is 1.88 bits per heavy atom. The van der Waals surface area contributed by atoms with Crippen LogP contribution in [0.25, 0.3) is 0 Å². The molecule has 2 heterocycles. The second-order valence-corrected chi connectivity index (χ2v) is 6.77. The van der Waals surface area contributed by atoms with Crippen molar-refractivity contribution < 1.29 is 9.47 Å². The first-order valence-corrected chi connectivity index (χ1v) is 9.31. The summed E-state index contributed by atoms with van der Waals surface area (Å²) in [4.78, 5) is 6.26. The highest BCUT2D eigenvalue weighted by molar-refractivity contribution is 7.80. The molecule has 5 nitrogen and oxygen atoms in total. The van der Waals surface area contributed by atoms with Gasteiger partial charge in [0.05, 0.1) is 13.2 Å². The van der Waals surface area contributed by atoms with Crippen molar-refractivity contribution in [2.24, 2.45) is 0 Å². The predicted molar refractivity (Wildman–Crippen MR) is 106 cm³/mol. The zero-order valence-corrected chi connectivity index (χ0v) is 15.9. The normalized spacial score (nSPS) is 16.3. The number of thiocarbonyl (C=S) groups is 1. The van der Waals surface area contributed by atoms with E-state index < -0.39 is 0 Å². The largest absolute Gasteiger partial charge is 0.497 e. The van der Waals surface area contributed by atoms with E-state index in [4.69, 9.17) is 21.7 Å². The molecule has 1 N–H and O–H groups in total. The van der Waals surface area contributed by atoms with Crippen LogP contribution in [0.3, 0.4) is 0 Å². The van der Waals surface area contributed by atoms with Gasteiger partial charge in [-0.3, -0.25) is 4.98 Å². The molecule has 1 aromatic heterocycles. The monoisotopic (exact) mass is 371 g/mol. The Kier molecular flexibility index (Phi) is 6.80. The van der Waals surface area contributed by atoms with Crippen molar-refractivity contribution in [3.8, 4) is 5.75 Å². The van der Waals surface area contributed by atoms with Crippen molar-refractivity contribution >= 4 is 17.3 Å². The fourth-order valence-corrected chi connectivity index (χ4v) is 3.19. The summed E-state index contributed by atoms with van der Waals surface area (Å²) < 4.78 is 10.9. The lowest BCUT2D eigenvalue weighted by Crippen LogP contribution is -2.41. The van der Waals surface area contributed by atoms with E-state index in [1.165, 1.54) is 11.1 Å². The minimum absolute atomic E-state index is 0.261. The lowest BCUT2D eigenvalue weighted by Gasteiger charge is -2.27. The summed E-state index contributed by atoms with van der Waals surface area (Å²) in [7, 11) is 1.68. The Morgan fingerprint density at radius 1 is 1.19 bits per heavy atom. The first kappa shape index (κ1) is 18.6. The third-order valence-corrected chi connectivity index (χ3v) is 4.85. The van der Waals surface area contributed by atoms with Gasteiger partial charge in [0, 0.05) is 38.6 Å².